The van der Waals surface area contributed by atoms with Crippen molar-refractivity contribution in [3.8, 4) is 0 Å². The van der Waals surface area contributed by atoms with Crippen LogP contribution in [-0.2, 0) is 10.2 Å². The van der Waals surface area contributed by atoms with Crippen molar-refractivity contribution in [2.75, 3.05) is 19.6 Å². The maximum atomic E-state index is 11.6. The van der Waals surface area contributed by atoms with E-state index in [1.165, 1.54) is 0 Å². The zero-order valence-corrected chi connectivity index (χ0v) is 11.9. The molecule has 0 aromatic carbocycles. The molecule has 1 saturated heterocycles. The van der Waals surface area contributed by atoms with E-state index in [0.717, 1.165) is 25.8 Å². The van der Waals surface area contributed by atoms with Gasteiger partial charge in [-0.1, -0.05) is 20.8 Å². The van der Waals surface area contributed by atoms with Gasteiger partial charge in [0, 0.05) is 19.1 Å². The molecule has 1 unspecified atom stereocenters. The van der Waals surface area contributed by atoms with Gasteiger partial charge in [0.15, 0.2) is 0 Å². The smallest absolute Gasteiger partial charge is 0.276 e. The first-order chi connectivity index (χ1) is 7.87. The summed E-state index contributed by atoms with van der Waals surface area (Å²) in [7, 11) is -3.33. The van der Waals surface area contributed by atoms with E-state index in [-0.39, 0.29) is 11.5 Å². The van der Waals surface area contributed by atoms with Gasteiger partial charge in [-0.3, -0.25) is 0 Å². The normalized spacial score (nSPS) is 24.8. The summed E-state index contributed by atoms with van der Waals surface area (Å²) in [6.07, 6.45) is 3.09. The molecule has 1 atom stereocenters. The lowest BCUT2D eigenvalue weighted by Crippen LogP contribution is -2.54. The maximum absolute atomic E-state index is 11.6. The van der Waals surface area contributed by atoms with E-state index in [1.54, 1.807) is 0 Å². The second-order valence-electron chi connectivity index (χ2n) is 5.35. The van der Waals surface area contributed by atoms with Crippen molar-refractivity contribution in [2.45, 2.75) is 46.1 Å². The van der Waals surface area contributed by atoms with Gasteiger partial charge in [-0.05, 0) is 31.2 Å². The van der Waals surface area contributed by atoms with Crippen molar-refractivity contribution in [3.05, 3.63) is 0 Å². The zero-order valence-electron chi connectivity index (χ0n) is 11.0. The Labute approximate surface area is 105 Å². The first-order valence-electron chi connectivity index (χ1n) is 6.35. The summed E-state index contributed by atoms with van der Waals surface area (Å²) in [5, 5.41) is 3.38. The highest BCUT2D eigenvalue weighted by molar-refractivity contribution is 7.87. The summed E-state index contributed by atoms with van der Waals surface area (Å²) in [5.74, 6) is 0. The van der Waals surface area contributed by atoms with Gasteiger partial charge in [-0.25, -0.2) is 9.44 Å². The molecule has 0 spiro atoms. The Hall–Kier alpha value is -0.170. The average molecular weight is 263 g/mol. The van der Waals surface area contributed by atoms with E-state index in [1.807, 2.05) is 6.92 Å². The molecule has 0 saturated carbocycles. The highest BCUT2D eigenvalue weighted by atomic mass is 32.2. The molecule has 1 heterocycles. The van der Waals surface area contributed by atoms with E-state index >= 15 is 0 Å². The van der Waals surface area contributed by atoms with E-state index in [9.17, 15) is 8.42 Å². The fraction of sp³-hybridized carbons (Fsp3) is 1.00. The third-order valence-electron chi connectivity index (χ3n) is 3.35. The van der Waals surface area contributed by atoms with Crippen molar-refractivity contribution in [1.29, 1.82) is 0 Å². The number of rotatable bonds is 6. The first-order valence-corrected chi connectivity index (χ1v) is 7.83. The molecule has 17 heavy (non-hydrogen) atoms. The number of nitrogens with one attached hydrogen (secondary N) is 3. The van der Waals surface area contributed by atoms with Crippen LogP contribution >= 0.6 is 0 Å². The number of piperidine rings is 1. The van der Waals surface area contributed by atoms with Crippen LogP contribution in [0.2, 0.25) is 0 Å². The van der Waals surface area contributed by atoms with Crippen LogP contribution < -0.4 is 14.8 Å². The Balaban J connectivity index is 2.44. The van der Waals surface area contributed by atoms with Crippen molar-refractivity contribution in [2.24, 2.45) is 5.41 Å². The molecule has 0 bridgehead atoms. The lowest BCUT2D eigenvalue weighted by molar-refractivity contribution is 0.181. The molecule has 5 nitrogen and oxygen atoms in total. The zero-order chi connectivity index (χ0) is 12.9. The Morgan fingerprint density at radius 3 is 2.65 bits per heavy atom. The molecule has 1 aliphatic rings. The van der Waals surface area contributed by atoms with E-state index < -0.39 is 10.2 Å². The fourth-order valence-corrected chi connectivity index (χ4v) is 3.06. The van der Waals surface area contributed by atoms with Gasteiger partial charge < -0.3 is 5.32 Å². The predicted octanol–water partition coefficient (Wildman–Crippen LogP) is 0.599. The topological polar surface area (TPSA) is 70.2 Å². The van der Waals surface area contributed by atoms with Crippen LogP contribution in [-0.4, -0.2) is 34.1 Å². The first kappa shape index (κ1) is 14.9. The lowest BCUT2D eigenvalue weighted by Gasteiger charge is -2.39. The van der Waals surface area contributed by atoms with Crippen LogP contribution in [0.25, 0.3) is 0 Å². The predicted molar refractivity (Wildman–Crippen MR) is 70.0 cm³/mol. The molecule has 6 heteroatoms. The number of hydrogen-bond donors (Lipinski definition) is 3. The largest absolute Gasteiger partial charge is 0.312 e. The molecule has 0 amide bonds. The Morgan fingerprint density at radius 1 is 1.35 bits per heavy atom. The lowest BCUT2D eigenvalue weighted by atomic mass is 9.78. The van der Waals surface area contributed by atoms with Crippen LogP contribution in [0.4, 0.5) is 0 Å². The summed E-state index contributed by atoms with van der Waals surface area (Å²) < 4.78 is 28.3. The standard InChI is InChI=1S/C11H25N3O2S/c1-4-7-13-17(15,16)14-9-10-11(2,3)6-5-8-12-10/h10,12-14H,4-9H2,1-3H3. The van der Waals surface area contributed by atoms with Crippen molar-refractivity contribution in [3.63, 3.8) is 0 Å². The van der Waals surface area contributed by atoms with E-state index in [2.05, 4.69) is 28.6 Å². The molecule has 3 N–H and O–H groups in total. The molecule has 0 aromatic rings. The van der Waals surface area contributed by atoms with Gasteiger partial charge in [-0.2, -0.15) is 8.42 Å². The minimum atomic E-state index is -3.33. The van der Waals surface area contributed by atoms with Gasteiger partial charge in [-0.15, -0.1) is 0 Å². The average Bonchev–Trinajstić information content (AvgIpc) is 2.24. The van der Waals surface area contributed by atoms with Gasteiger partial charge in [0.25, 0.3) is 10.2 Å². The molecule has 0 aliphatic carbocycles. The molecular weight excluding hydrogens is 238 g/mol. The molecular formula is C11H25N3O2S. The second-order valence-corrected chi connectivity index (χ2v) is 6.93. The third-order valence-corrected chi connectivity index (χ3v) is 4.48. The monoisotopic (exact) mass is 263 g/mol. The fourth-order valence-electron chi connectivity index (χ4n) is 2.10. The van der Waals surface area contributed by atoms with Gasteiger partial charge in [0.05, 0.1) is 0 Å². The van der Waals surface area contributed by atoms with Crippen LogP contribution in [0.1, 0.15) is 40.0 Å². The van der Waals surface area contributed by atoms with E-state index in [4.69, 9.17) is 0 Å². The number of hydrogen-bond acceptors (Lipinski definition) is 3. The quantitative estimate of drug-likeness (QED) is 0.657. The molecule has 0 aromatic heterocycles. The van der Waals surface area contributed by atoms with Crippen LogP contribution in [0.5, 0.6) is 0 Å². The van der Waals surface area contributed by atoms with Gasteiger partial charge in [0.1, 0.15) is 0 Å². The molecule has 102 valence electrons. The second kappa shape index (κ2) is 6.13. The van der Waals surface area contributed by atoms with Crippen molar-refractivity contribution in [1.82, 2.24) is 14.8 Å². The minimum Gasteiger partial charge on any atom is -0.312 e. The summed E-state index contributed by atoms with van der Waals surface area (Å²) in [4.78, 5) is 0. The maximum Gasteiger partial charge on any atom is 0.276 e. The summed E-state index contributed by atoms with van der Waals surface area (Å²) in [6.45, 7) is 8.20. The van der Waals surface area contributed by atoms with E-state index in [0.29, 0.717) is 13.1 Å². The Kier molecular flexibility index (Phi) is 5.37. The molecule has 1 fully saturated rings. The van der Waals surface area contributed by atoms with Crippen LogP contribution in [0.15, 0.2) is 0 Å². The van der Waals surface area contributed by atoms with Crippen molar-refractivity contribution < 1.29 is 8.42 Å². The summed E-state index contributed by atoms with van der Waals surface area (Å²) in [5.41, 5.74) is 0.144. The van der Waals surface area contributed by atoms with Gasteiger partial charge >= 0.3 is 0 Å². The summed E-state index contributed by atoms with van der Waals surface area (Å²) >= 11 is 0. The third kappa shape index (κ3) is 4.91. The SMILES string of the molecule is CCCNS(=O)(=O)NCC1NCCCC1(C)C. The molecule has 1 aliphatic heterocycles. The Bertz CT molecular complexity index is 328. The van der Waals surface area contributed by atoms with Crippen LogP contribution in [0, 0.1) is 5.41 Å². The Morgan fingerprint density at radius 2 is 2.06 bits per heavy atom. The minimum absolute atomic E-state index is 0.144. The van der Waals surface area contributed by atoms with Crippen LogP contribution in [0.3, 0.4) is 0 Å². The summed E-state index contributed by atoms with van der Waals surface area (Å²) in [6, 6.07) is 0.203. The highest BCUT2D eigenvalue weighted by Gasteiger charge is 2.32. The highest BCUT2D eigenvalue weighted by Crippen LogP contribution is 2.29. The molecule has 1 rings (SSSR count). The van der Waals surface area contributed by atoms with Crippen molar-refractivity contribution >= 4 is 10.2 Å². The molecule has 0 radical (unpaired) electrons. The van der Waals surface area contributed by atoms with Gasteiger partial charge in [0.2, 0.25) is 0 Å².